The zero-order valence-electron chi connectivity index (χ0n) is 10.1. The van der Waals surface area contributed by atoms with Crippen molar-refractivity contribution in [3.8, 4) is 0 Å². The predicted octanol–water partition coefficient (Wildman–Crippen LogP) is 1.03. The van der Waals surface area contributed by atoms with Gasteiger partial charge in [0.15, 0.2) is 0 Å². The summed E-state index contributed by atoms with van der Waals surface area (Å²) in [4.78, 5) is 13.3. The summed E-state index contributed by atoms with van der Waals surface area (Å²) >= 11 is 0. The van der Waals surface area contributed by atoms with E-state index in [1.165, 1.54) is 13.2 Å². The summed E-state index contributed by atoms with van der Waals surface area (Å²) in [5, 5.41) is 0. The molecule has 1 fully saturated rings. The van der Waals surface area contributed by atoms with Crippen molar-refractivity contribution in [1.82, 2.24) is 0 Å². The largest absolute Gasteiger partial charge is 0.465 e. The van der Waals surface area contributed by atoms with Crippen LogP contribution in [0.1, 0.15) is 10.4 Å². The number of hydrogen-bond donors (Lipinski definition) is 1. The van der Waals surface area contributed by atoms with Crippen molar-refractivity contribution >= 4 is 17.3 Å². The molecule has 0 spiro atoms. The lowest BCUT2D eigenvalue weighted by atomic mass is 10.1. The third-order valence-electron chi connectivity index (χ3n) is 2.87. The number of benzene rings is 1. The molecular weight excluding hydrogens is 239 g/mol. The summed E-state index contributed by atoms with van der Waals surface area (Å²) in [5.41, 5.74) is 6.23. The second-order valence-corrected chi connectivity index (χ2v) is 3.98. The van der Waals surface area contributed by atoms with Crippen molar-refractivity contribution in [3.63, 3.8) is 0 Å². The molecule has 1 aliphatic rings. The maximum atomic E-state index is 13.9. The van der Waals surface area contributed by atoms with Crippen molar-refractivity contribution in [3.05, 3.63) is 23.5 Å². The summed E-state index contributed by atoms with van der Waals surface area (Å²) in [7, 11) is 1.19. The van der Waals surface area contributed by atoms with E-state index in [2.05, 4.69) is 4.74 Å². The lowest BCUT2D eigenvalue weighted by molar-refractivity contribution is 0.0597. The van der Waals surface area contributed by atoms with E-state index in [9.17, 15) is 9.18 Å². The van der Waals surface area contributed by atoms with Crippen molar-refractivity contribution < 1.29 is 18.7 Å². The Balaban J connectivity index is 2.32. The van der Waals surface area contributed by atoms with Crippen LogP contribution >= 0.6 is 0 Å². The average Bonchev–Trinajstić information content (AvgIpc) is 2.38. The number of ether oxygens (including phenoxy) is 2. The van der Waals surface area contributed by atoms with E-state index in [-0.39, 0.29) is 11.3 Å². The van der Waals surface area contributed by atoms with E-state index in [0.717, 1.165) is 0 Å². The Morgan fingerprint density at radius 3 is 2.67 bits per heavy atom. The Labute approximate surface area is 104 Å². The van der Waals surface area contributed by atoms with E-state index in [1.807, 2.05) is 4.90 Å². The minimum atomic E-state index is -0.765. The van der Waals surface area contributed by atoms with Crippen LogP contribution in [-0.2, 0) is 9.47 Å². The number of methoxy groups -OCH3 is 1. The van der Waals surface area contributed by atoms with Gasteiger partial charge < -0.3 is 20.1 Å². The number of carbonyl (C=O) groups is 1. The fraction of sp³-hybridized carbons (Fsp3) is 0.417. The molecule has 0 amide bonds. The van der Waals surface area contributed by atoms with Gasteiger partial charge in [-0.15, -0.1) is 0 Å². The molecule has 18 heavy (non-hydrogen) atoms. The Hall–Kier alpha value is -1.82. The highest BCUT2D eigenvalue weighted by atomic mass is 19.1. The Kier molecular flexibility index (Phi) is 3.66. The fourth-order valence-electron chi connectivity index (χ4n) is 1.93. The quantitative estimate of drug-likeness (QED) is 0.631. The number of esters is 1. The smallest absolute Gasteiger partial charge is 0.342 e. The first-order chi connectivity index (χ1) is 8.63. The number of morpholine rings is 1. The summed E-state index contributed by atoms with van der Waals surface area (Å²) in [5.74, 6) is -1.43. The monoisotopic (exact) mass is 254 g/mol. The average molecular weight is 254 g/mol. The van der Waals surface area contributed by atoms with Crippen LogP contribution < -0.4 is 10.6 Å². The summed E-state index contributed by atoms with van der Waals surface area (Å²) in [6.45, 7) is 2.55. The van der Waals surface area contributed by atoms with Crippen LogP contribution in [0, 0.1) is 5.82 Å². The first kappa shape index (κ1) is 12.6. The Bertz CT molecular complexity index is 436. The van der Waals surface area contributed by atoms with Gasteiger partial charge in [0.2, 0.25) is 0 Å². The molecule has 1 saturated heterocycles. The van der Waals surface area contributed by atoms with Gasteiger partial charge >= 0.3 is 5.97 Å². The van der Waals surface area contributed by atoms with Gasteiger partial charge in [0.25, 0.3) is 0 Å². The van der Waals surface area contributed by atoms with Gasteiger partial charge in [-0.1, -0.05) is 0 Å². The predicted molar refractivity (Wildman–Crippen MR) is 65.2 cm³/mol. The van der Waals surface area contributed by atoms with Crippen molar-refractivity contribution in [2.75, 3.05) is 44.0 Å². The summed E-state index contributed by atoms with van der Waals surface area (Å²) in [6, 6.07) is 2.88. The second kappa shape index (κ2) is 5.22. The molecule has 0 aliphatic carbocycles. The number of nitrogens with zero attached hydrogens (tertiary/aromatic N) is 1. The molecule has 5 nitrogen and oxygen atoms in total. The normalized spacial score (nSPS) is 15.6. The molecule has 0 bridgehead atoms. The fourth-order valence-corrected chi connectivity index (χ4v) is 1.93. The number of nitrogens with two attached hydrogens (primary N) is 1. The number of anilines is 2. The van der Waals surface area contributed by atoms with E-state index >= 15 is 0 Å². The van der Waals surface area contributed by atoms with Gasteiger partial charge in [-0.25, -0.2) is 9.18 Å². The zero-order chi connectivity index (χ0) is 13.1. The third-order valence-corrected chi connectivity index (χ3v) is 2.87. The van der Waals surface area contributed by atoms with Crippen LogP contribution in [0.15, 0.2) is 12.1 Å². The second-order valence-electron chi connectivity index (χ2n) is 3.98. The topological polar surface area (TPSA) is 64.8 Å². The lowest BCUT2D eigenvalue weighted by Crippen LogP contribution is -2.36. The molecule has 1 aliphatic heterocycles. The lowest BCUT2D eigenvalue weighted by Gasteiger charge is -2.29. The number of hydrogen-bond acceptors (Lipinski definition) is 5. The van der Waals surface area contributed by atoms with Gasteiger partial charge in [-0.3, -0.25) is 0 Å². The molecule has 0 aromatic heterocycles. The van der Waals surface area contributed by atoms with Gasteiger partial charge in [-0.2, -0.15) is 0 Å². The Morgan fingerprint density at radius 1 is 1.44 bits per heavy atom. The summed E-state index contributed by atoms with van der Waals surface area (Å²) < 4.78 is 23.6. The minimum Gasteiger partial charge on any atom is -0.465 e. The van der Waals surface area contributed by atoms with Crippen LogP contribution in [0.25, 0.3) is 0 Å². The molecule has 1 heterocycles. The molecular formula is C12H15FN2O3. The maximum absolute atomic E-state index is 13.9. The molecule has 2 rings (SSSR count). The van der Waals surface area contributed by atoms with Gasteiger partial charge in [-0.05, 0) is 12.1 Å². The molecule has 98 valence electrons. The molecule has 0 atom stereocenters. The van der Waals surface area contributed by atoms with Crippen LogP contribution in [-0.4, -0.2) is 39.4 Å². The van der Waals surface area contributed by atoms with Crippen molar-refractivity contribution in [1.29, 1.82) is 0 Å². The molecule has 0 saturated carbocycles. The highest BCUT2D eigenvalue weighted by Gasteiger charge is 2.20. The number of halogens is 1. The standard InChI is InChI=1S/C12H15FN2O3/c1-17-12(16)11-9(13)6-8(7-10(11)14)15-2-4-18-5-3-15/h6-7H,2-5,14H2,1H3. The third kappa shape index (κ3) is 2.38. The number of carbonyl (C=O) groups excluding carboxylic acids is 1. The molecule has 0 radical (unpaired) electrons. The van der Waals surface area contributed by atoms with Crippen LogP contribution in [0.3, 0.4) is 0 Å². The first-order valence-electron chi connectivity index (χ1n) is 5.63. The molecule has 6 heteroatoms. The minimum absolute atomic E-state index is 0.0864. The molecule has 0 unspecified atom stereocenters. The van der Waals surface area contributed by atoms with Crippen LogP contribution in [0.2, 0.25) is 0 Å². The van der Waals surface area contributed by atoms with Gasteiger partial charge in [0.05, 0.1) is 26.0 Å². The Morgan fingerprint density at radius 2 is 2.11 bits per heavy atom. The van der Waals surface area contributed by atoms with Crippen LogP contribution in [0.4, 0.5) is 15.8 Å². The van der Waals surface area contributed by atoms with Crippen molar-refractivity contribution in [2.24, 2.45) is 0 Å². The molecule has 2 N–H and O–H groups in total. The van der Waals surface area contributed by atoms with E-state index < -0.39 is 11.8 Å². The highest BCUT2D eigenvalue weighted by Crippen LogP contribution is 2.26. The highest BCUT2D eigenvalue weighted by molar-refractivity contribution is 5.96. The maximum Gasteiger partial charge on any atom is 0.342 e. The molecule has 1 aromatic rings. The van der Waals surface area contributed by atoms with E-state index in [4.69, 9.17) is 10.5 Å². The van der Waals surface area contributed by atoms with Gasteiger partial charge in [0.1, 0.15) is 11.4 Å². The van der Waals surface area contributed by atoms with Crippen molar-refractivity contribution in [2.45, 2.75) is 0 Å². The van der Waals surface area contributed by atoms with Gasteiger partial charge in [0, 0.05) is 18.8 Å². The molecule has 1 aromatic carbocycles. The van der Waals surface area contributed by atoms with E-state index in [1.54, 1.807) is 6.07 Å². The van der Waals surface area contributed by atoms with E-state index in [0.29, 0.717) is 32.0 Å². The first-order valence-corrected chi connectivity index (χ1v) is 5.63. The SMILES string of the molecule is COC(=O)c1c(N)cc(N2CCOCC2)cc1F. The van der Waals surface area contributed by atoms with Crippen LogP contribution in [0.5, 0.6) is 0 Å². The number of rotatable bonds is 2. The zero-order valence-corrected chi connectivity index (χ0v) is 10.1. The summed E-state index contributed by atoms with van der Waals surface area (Å²) in [6.07, 6.45) is 0. The number of nitrogen functional groups attached to an aromatic ring is 1.